The second-order valence-corrected chi connectivity index (χ2v) is 12.3. The van der Waals surface area contributed by atoms with E-state index in [4.69, 9.17) is 31.7 Å². The lowest BCUT2D eigenvalue weighted by Crippen LogP contribution is -2.50. The lowest BCUT2D eigenvalue weighted by atomic mass is 10.1. The van der Waals surface area contributed by atoms with Crippen molar-refractivity contribution in [2.45, 2.75) is 45.6 Å². The number of carbonyl (C=O) groups excluding carboxylic acids is 1. The number of likely N-dealkylation sites (tertiary alicyclic amines) is 1. The number of piperidine rings is 1. The Bertz CT molecular complexity index is 1520. The van der Waals surface area contributed by atoms with Gasteiger partial charge >= 0.3 is 16.4 Å². The topological polar surface area (TPSA) is 167 Å². The van der Waals surface area contributed by atoms with Crippen LogP contribution in [0.3, 0.4) is 0 Å². The second-order valence-electron chi connectivity index (χ2n) is 11.4. The number of benzene rings is 2. The number of piperazine rings is 1. The third-order valence-electron chi connectivity index (χ3n) is 7.57. The van der Waals surface area contributed by atoms with E-state index in [1.807, 2.05) is 55.1 Å². The van der Waals surface area contributed by atoms with Crippen molar-refractivity contribution in [2.75, 3.05) is 69.7 Å². The number of rotatable bonds is 10. The molecule has 3 aromatic rings. The van der Waals surface area contributed by atoms with Gasteiger partial charge in [-0.3, -0.25) is 9.11 Å². The Morgan fingerprint density at radius 1 is 0.957 bits per heavy atom. The Morgan fingerprint density at radius 2 is 1.63 bits per heavy atom. The number of urea groups is 1. The SMILES string of the molecule is COc1cc2c(N3CCN(C(=O)Nc4ccc(OC(C)C)cc4)CC3)ncnc2cc1OCCCN1CCCCC1.O=S(=O)(O)O. The van der Waals surface area contributed by atoms with Crippen molar-refractivity contribution in [3.8, 4) is 17.2 Å². The van der Waals surface area contributed by atoms with E-state index in [9.17, 15) is 4.79 Å². The minimum atomic E-state index is -4.67. The molecule has 0 radical (unpaired) electrons. The first kappa shape index (κ1) is 34.9. The van der Waals surface area contributed by atoms with Gasteiger partial charge in [-0.1, -0.05) is 6.42 Å². The fraction of sp³-hybridized carbons (Fsp3) is 0.516. The largest absolute Gasteiger partial charge is 0.493 e. The van der Waals surface area contributed by atoms with Crippen LogP contribution < -0.4 is 24.4 Å². The molecule has 2 aliphatic heterocycles. The molecule has 0 saturated carbocycles. The summed E-state index contributed by atoms with van der Waals surface area (Å²) in [4.78, 5) is 28.6. The molecule has 2 fully saturated rings. The number of hydrogen-bond acceptors (Lipinski definition) is 10. The smallest absolute Gasteiger partial charge is 0.394 e. The number of fused-ring (bicyclic) bond motifs is 1. The number of ether oxygens (including phenoxy) is 3. The van der Waals surface area contributed by atoms with Crippen LogP contribution in [0.4, 0.5) is 16.3 Å². The van der Waals surface area contributed by atoms with Crippen molar-refractivity contribution < 1.29 is 36.5 Å². The number of nitrogens with zero attached hydrogens (tertiary/aromatic N) is 5. The van der Waals surface area contributed by atoms with Gasteiger partial charge < -0.3 is 34.2 Å². The molecule has 0 unspecified atom stereocenters. The third-order valence-corrected chi connectivity index (χ3v) is 7.57. The Morgan fingerprint density at radius 3 is 2.26 bits per heavy atom. The number of methoxy groups -OCH3 is 1. The average molecular weight is 661 g/mol. The van der Waals surface area contributed by atoms with Crippen LogP contribution in [0.5, 0.6) is 17.2 Å². The molecule has 5 rings (SSSR count). The Labute approximate surface area is 270 Å². The highest BCUT2D eigenvalue weighted by Crippen LogP contribution is 2.35. The van der Waals surface area contributed by atoms with Crippen LogP contribution in [0.2, 0.25) is 0 Å². The van der Waals surface area contributed by atoms with Gasteiger partial charge in [-0.25, -0.2) is 14.8 Å². The van der Waals surface area contributed by atoms with E-state index >= 15 is 0 Å². The molecule has 252 valence electrons. The lowest BCUT2D eigenvalue weighted by molar-refractivity contribution is 0.203. The van der Waals surface area contributed by atoms with Crippen LogP contribution in [-0.4, -0.2) is 109 Å². The highest BCUT2D eigenvalue weighted by molar-refractivity contribution is 7.79. The molecule has 14 nitrogen and oxygen atoms in total. The Kier molecular flexibility index (Phi) is 12.6. The van der Waals surface area contributed by atoms with Gasteiger partial charge in [0.25, 0.3) is 0 Å². The van der Waals surface area contributed by atoms with E-state index in [1.54, 1.807) is 13.4 Å². The maximum absolute atomic E-state index is 12.9. The van der Waals surface area contributed by atoms with Crippen LogP contribution in [0, 0.1) is 0 Å². The van der Waals surface area contributed by atoms with E-state index in [0.717, 1.165) is 41.1 Å². The number of aromatic nitrogens is 2. The number of anilines is 2. The van der Waals surface area contributed by atoms with E-state index in [1.165, 1.54) is 32.4 Å². The summed E-state index contributed by atoms with van der Waals surface area (Å²) in [6, 6.07) is 11.3. The Hall–Kier alpha value is -3.92. The van der Waals surface area contributed by atoms with Crippen LogP contribution in [0.15, 0.2) is 42.7 Å². The van der Waals surface area contributed by atoms with Gasteiger partial charge in [0.05, 0.1) is 25.3 Å². The predicted molar refractivity (Wildman–Crippen MR) is 176 cm³/mol. The van der Waals surface area contributed by atoms with Gasteiger partial charge in [-0.05, 0) is 76.5 Å². The minimum absolute atomic E-state index is 0.106. The van der Waals surface area contributed by atoms with Gasteiger partial charge in [0.1, 0.15) is 17.9 Å². The quantitative estimate of drug-likeness (QED) is 0.208. The first-order valence-corrected chi connectivity index (χ1v) is 16.8. The molecule has 1 aromatic heterocycles. The molecule has 2 amide bonds. The monoisotopic (exact) mass is 660 g/mol. The van der Waals surface area contributed by atoms with Gasteiger partial charge in [0.2, 0.25) is 0 Å². The van der Waals surface area contributed by atoms with Crippen molar-refractivity contribution >= 4 is 38.8 Å². The molecular weight excluding hydrogens is 616 g/mol. The van der Waals surface area contributed by atoms with Crippen molar-refractivity contribution in [1.82, 2.24) is 19.8 Å². The molecule has 2 aliphatic rings. The summed E-state index contributed by atoms with van der Waals surface area (Å²) in [5, 5.41) is 3.90. The summed E-state index contributed by atoms with van der Waals surface area (Å²) >= 11 is 0. The first-order chi connectivity index (χ1) is 22.0. The summed E-state index contributed by atoms with van der Waals surface area (Å²) in [5.74, 6) is 3.00. The van der Waals surface area contributed by atoms with Crippen molar-refractivity contribution in [3.05, 3.63) is 42.7 Å². The predicted octanol–water partition coefficient (Wildman–Crippen LogP) is 4.38. The maximum Gasteiger partial charge on any atom is 0.394 e. The molecule has 15 heteroatoms. The Balaban J connectivity index is 0.000000892. The molecule has 0 aliphatic carbocycles. The third kappa shape index (κ3) is 10.9. The number of hydrogen-bond donors (Lipinski definition) is 3. The van der Waals surface area contributed by atoms with Crippen molar-refractivity contribution in [1.29, 1.82) is 0 Å². The fourth-order valence-electron chi connectivity index (χ4n) is 5.44. The zero-order valence-corrected chi connectivity index (χ0v) is 27.4. The highest BCUT2D eigenvalue weighted by atomic mass is 32.3. The molecule has 46 heavy (non-hydrogen) atoms. The number of amides is 2. The molecule has 3 N–H and O–H groups in total. The van der Waals surface area contributed by atoms with E-state index in [-0.39, 0.29) is 12.1 Å². The number of carbonyl (C=O) groups is 1. The van der Waals surface area contributed by atoms with E-state index in [2.05, 4.69) is 25.1 Å². The maximum atomic E-state index is 12.9. The lowest BCUT2D eigenvalue weighted by Gasteiger charge is -2.35. The highest BCUT2D eigenvalue weighted by Gasteiger charge is 2.24. The standard InChI is InChI=1S/C31H42N6O4.H2O4S/c1-23(2)41-25-10-8-24(9-11-25)34-31(38)37-17-15-36(16-18-37)30-26-20-28(39-3)29(21-27(26)32-22-33-30)40-19-7-14-35-12-5-4-6-13-35;1-5(2,3)4/h8-11,20-23H,4-7,12-19H2,1-3H3,(H,34,38);(H2,1,2,3,4). The summed E-state index contributed by atoms with van der Waals surface area (Å²) in [6.07, 6.45) is 6.62. The zero-order chi connectivity index (χ0) is 33.1. The first-order valence-electron chi connectivity index (χ1n) is 15.5. The van der Waals surface area contributed by atoms with Gasteiger partial charge in [-0.15, -0.1) is 0 Å². The van der Waals surface area contributed by atoms with Gasteiger partial charge in [0.15, 0.2) is 11.5 Å². The fourth-order valence-corrected chi connectivity index (χ4v) is 5.44. The number of nitrogens with one attached hydrogen (secondary N) is 1. The van der Waals surface area contributed by atoms with Crippen LogP contribution in [-0.2, 0) is 10.4 Å². The molecule has 3 heterocycles. The van der Waals surface area contributed by atoms with Crippen LogP contribution in [0.25, 0.3) is 10.9 Å². The van der Waals surface area contributed by atoms with Crippen molar-refractivity contribution in [3.63, 3.8) is 0 Å². The van der Waals surface area contributed by atoms with Crippen LogP contribution >= 0.6 is 0 Å². The molecule has 0 atom stereocenters. The molecule has 0 bridgehead atoms. The summed E-state index contributed by atoms with van der Waals surface area (Å²) < 4.78 is 49.1. The van der Waals surface area contributed by atoms with E-state index < -0.39 is 10.4 Å². The normalized spacial score (nSPS) is 15.7. The second kappa shape index (κ2) is 16.6. The average Bonchev–Trinajstić information content (AvgIpc) is 3.03. The minimum Gasteiger partial charge on any atom is -0.493 e. The molecular formula is C31H44N6O8S. The van der Waals surface area contributed by atoms with E-state index in [0.29, 0.717) is 44.3 Å². The molecule has 0 spiro atoms. The van der Waals surface area contributed by atoms with Gasteiger partial charge in [-0.2, -0.15) is 8.42 Å². The zero-order valence-electron chi connectivity index (χ0n) is 26.6. The summed E-state index contributed by atoms with van der Waals surface area (Å²) in [6.45, 7) is 10.6. The summed E-state index contributed by atoms with van der Waals surface area (Å²) in [7, 11) is -3.01. The summed E-state index contributed by atoms with van der Waals surface area (Å²) in [5.41, 5.74) is 1.55. The van der Waals surface area contributed by atoms with Crippen LogP contribution in [0.1, 0.15) is 39.5 Å². The molecule has 2 saturated heterocycles. The van der Waals surface area contributed by atoms with Crippen molar-refractivity contribution in [2.24, 2.45) is 0 Å². The van der Waals surface area contributed by atoms with Gasteiger partial charge in [0, 0.05) is 49.9 Å². The molecule has 2 aromatic carbocycles.